The van der Waals surface area contributed by atoms with Crippen LogP contribution in [0.25, 0.3) is 0 Å². The number of pyridine rings is 1. The van der Waals surface area contributed by atoms with Crippen molar-refractivity contribution in [2.75, 3.05) is 24.5 Å². The van der Waals surface area contributed by atoms with Crippen LogP contribution in [0.4, 0.5) is 10.2 Å². The van der Waals surface area contributed by atoms with Gasteiger partial charge in [-0.05, 0) is 25.0 Å². The summed E-state index contributed by atoms with van der Waals surface area (Å²) in [6, 6.07) is 3.11. The first kappa shape index (κ1) is 9.09. The van der Waals surface area contributed by atoms with Gasteiger partial charge < -0.3 is 10.2 Å². The van der Waals surface area contributed by atoms with Gasteiger partial charge in [-0.2, -0.15) is 0 Å². The number of piperazine rings is 1. The number of nitrogens with zero attached hydrogens (tertiary/aromatic N) is 2. The smallest absolute Gasteiger partial charge is 0.165 e. The van der Waals surface area contributed by atoms with E-state index in [1.165, 1.54) is 18.9 Å². The quantitative estimate of drug-likeness (QED) is 0.749. The highest BCUT2D eigenvalue weighted by molar-refractivity contribution is 5.42. The third-order valence-corrected chi connectivity index (χ3v) is 3.27. The van der Waals surface area contributed by atoms with Gasteiger partial charge in [0.25, 0.3) is 0 Å². The Labute approximate surface area is 88.3 Å². The fourth-order valence-electron chi connectivity index (χ4n) is 2.23. The van der Waals surface area contributed by atoms with Crippen LogP contribution in [0, 0.1) is 5.82 Å². The lowest BCUT2D eigenvalue weighted by Gasteiger charge is -2.34. The lowest BCUT2D eigenvalue weighted by Crippen LogP contribution is -2.53. The third kappa shape index (κ3) is 1.59. The predicted molar refractivity (Wildman–Crippen MR) is 56.4 cm³/mol. The molecule has 2 aliphatic rings. The molecule has 1 saturated carbocycles. The van der Waals surface area contributed by atoms with Crippen LogP contribution in [0.3, 0.4) is 0 Å². The van der Waals surface area contributed by atoms with Crippen LogP contribution in [0.15, 0.2) is 18.3 Å². The Bertz CT molecular complexity index is 376. The Morgan fingerprint density at radius 2 is 2.33 bits per heavy atom. The van der Waals surface area contributed by atoms with E-state index in [0.29, 0.717) is 5.82 Å². The van der Waals surface area contributed by atoms with Crippen LogP contribution >= 0.6 is 0 Å². The fourth-order valence-corrected chi connectivity index (χ4v) is 2.23. The van der Waals surface area contributed by atoms with E-state index in [2.05, 4.69) is 15.2 Å². The Hall–Kier alpha value is -1.16. The topological polar surface area (TPSA) is 28.2 Å². The number of anilines is 1. The SMILES string of the molecule is Fc1cccnc1N1CCNC2(CC2)C1. The molecule has 0 unspecified atom stereocenters. The molecule has 0 amide bonds. The lowest BCUT2D eigenvalue weighted by atomic mass is 10.2. The van der Waals surface area contributed by atoms with E-state index in [0.717, 1.165) is 19.6 Å². The summed E-state index contributed by atoms with van der Waals surface area (Å²) in [4.78, 5) is 6.17. The second kappa shape index (κ2) is 3.17. The minimum Gasteiger partial charge on any atom is -0.351 e. The maximum absolute atomic E-state index is 13.5. The molecule has 1 aliphatic carbocycles. The average molecular weight is 207 g/mol. The van der Waals surface area contributed by atoms with Gasteiger partial charge in [-0.15, -0.1) is 0 Å². The molecule has 3 rings (SSSR count). The van der Waals surface area contributed by atoms with Gasteiger partial charge in [-0.1, -0.05) is 0 Å². The molecule has 1 aliphatic heterocycles. The molecule has 4 heteroatoms. The fraction of sp³-hybridized carbons (Fsp3) is 0.545. The summed E-state index contributed by atoms with van der Waals surface area (Å²) in [6.45, 7) is 2.66. The summed E-state index contributed by atoms with van der Waals surface area (Å²) in [5, 5.41) is 3.50. The molecule has 1 aromatic rings. The van der Waals surface area contributed by atoms with Crippen molar-refractivity contribution in [3.05, 3.63) is 24.1 Å². The zero-order valence-corrected chi connectivity index (χ0v) is 8.54. The zero-order chi connectivity index (χ0) is 10.3. The minimum absolute atomic E-state index is 0.213. The van der Waals surface area contributed by atoms with Crippen LogP contribution < -0.4 is 10.2 Å². The standard InChI is InChI=1S/C11H14FN3/c12-9-2-1-5-13-10(9)15-7-6-14-11(8-15)3-4-11/h1-2,5,14H,3-4,6-8H2. The van der Waals surface area contributed by atoms with E-state index < -0.39 is 0 Å². The first-order chi connectivity index (χ1) is 7.29. The number of hydrogen-bond donors (Lipinski definition) is 1. The van der Waals surface area contributed by atoms with Gasteiger partial charge in [0.2, 0.25) is 0 Å². The molecular weight excluding hydrogens is 193 g/mol. The van der Waals surface area contributed by atoms with Crippen LogP contribution in [0.2, 0.25) is 0 Å². The summed E-state index contributed by atoms with van der Waals surface area (Å²) in [5.41, 5.74) is 0.266. The van der Waals surface area contributed by atoms with Gasteiger partial charge >= 0.3 is 0 Å². The van der Waals surface area contributed by atoms with Crippen molar-refractivity contribution in [2.45, 2.75) is 18.4 Å². The molecule has 2 fully saturated rings. The van der Waals surface area contributed by atoms with Gasteiger partial charge in [0.15, 0.2) is 11.6 Å². The Kier molecular flexibility index (Phi) is 1.92. The van der Waals surface area contributed by atoms with Crippen LogP contribution in [0.5, 0.6) is 0 Å². The van der Waals surface area contributed by atoms with Crippen LogP contribution in [-0.2, 0) is 0 Å². The number of rotatable bonds is 1. The largest absolute Gasteiger partial charge is 0.351 e. The molecular formula is C11H14FN3. The van der Waals surface area contributed by atoms with Crippen molar-refractivity contribution in [3.63, 3.8) is 0 Å². The molecule has 80 valence electrons. The second-order valence-electron chi connectivity index (χ2n) is 4.44. The van der Waals surface area contributed by atoms with Gasteiger partial charge in [0, 0.05) is 31.4 Å². The Balaban J connectivity index is 1.84. The Morgan fingerprint density at radius 3 is 3.07 bits per heavy atom. The van der Waals surface area contributed by atoms with E-state index >= 15 is 0 Å². The van der Waals surface area contributed by atoms with E-state index in [4.69, 9.17) is 0 Å². The first-order valence-corrected chi connectivity index (χ1v) is 5.40. The first-order valence-electron chi connectivity index (χ1n) is 5.40. The number of aromatic nitrogens is 1. The third-order valence-electron chi connectivity index (χ3n) is 3.27. The van der Waals surface area contributed by atoms with E-state index in [9.17, 15) is 4.39 Å². The van der Waals surface area contributed by atoms with Crippen molar-refractivity contribution in [1.82, 2.24) is 10.3 Å². The highest BCUT2D eigenvalue weighted by Crippen LogP contribution is 2.38. The Morgan fingerprint density at radius 1 is 1.47 bits per heavy atom. The number of halogens is 1. The highest BCUT2D eigenvalue weighted by atomic mass is 19.1. The maximum Gasteiger partial charge on any atom is 0.165 e. The van der Waals surface area contributed by atoms with Crippen molar-refractivity contribution >= 4 is 5.82 Å². The van der Waals surface area contributed by atoms with Crippen molar-refractivity contribution in [2.24, 2.45) is 0 Å². The molecule has 15 heavy (non-hydrogen) atoms. The number of hydrogen-bond acceptors (Lipinski definition) is 3. The monoisotopic (exact) mass is 207 g/mol. The molecule has 0 atom stereocenters. The van der Waals surface area contributed by atoms with Crippen molar-refractivity contribution in [3.8, 4) is 0 Å². The van der Waals surface area contributed by atoms with Gasteiger partial charge in [-0.25, -0.2) is 9.37 Å². The van der Waals surface area contributed by atoms with E-state index in [-0.39, 0.29) is 11.4 Å². The maximum atomic E-state index is 13.5. The molecule has 1 aromatic heterocycles. The molecule has 2 heterocycles. The van der Waals surface area contributed by atoms with Crippen molar-refractivity contribution in [1.29, 1.82) is 0 Å². The average Bonchev–Trinajstić information content (AvgIpc) is 2.98. The summed E-state index contributed by atoms with van der Waals surface area (Å²) in [7, 11) is 0. The minimum atomic E-state index is -0.213. The summed E-state index contributed by atoms with van der Waals surface area (Å²) >= 11 is 0. The highest BCUT2D eigenvalue weighted by Gasteiger charge is 2.46. The van der Waals surface area contributed by atoms with E-state index in [1.54, 1.807) is 12.3 Å². The second-order valence-corrected chi connectivity index (χ2v) is 4.44. The molecule has 3 nitrogen and oxygen atoms in total. The zero-order valence-electron chi connectivity index (χ0n) is 8.54. The molecule has 1 saturated heterocycles. The van der Waals surface area contributed by atoms with Crippen molar-refractivity contribution < 1.29 is 4.39 Å². The molecule has 1 N–H and O–H groups in total. The molecule has 0 bridgehead atoms. The summed E-state index contributed by atoms with van der Waals surface area (Å²) < 4.78 is 13.5. The van der Waals surface area contributed by atoms with Gasteiger partial charge in [0.1, 0.15) is 0 Å². The predicted octanol–water partition coefficient (Wildman–Crippen LogP) is 1.16. The van der Waals surface area contributed by atoms with Gasteiger partial charge in [0.05, 0.1) is 0 Å². The van der Waals surface area contributed by atoms with E-state index in [1.807, 2.05) is 0 Å². The molecule has 0 radical (unpaired) electrons. The normalized spacial score (nSPS) is 23.1. The number of nitrogens with one attached hydrogen (secondary N) is 1. The summed E-state index contributed by atoms with van der Waals surface area (Å²) in [6.07, 6.45) is 4.07. The molecule has 1 spiro atoms. The van der Waals surface area contributed by atoms with Crippen LogP contribution in [-0.4, -0.2) is 30.2 Å². The van der Waals surface area contributed by atoms with Crippen LogP contribution in [0.1, 0.15) is 12.8 Å². The molecule has 0 aromatic carbocycles. The van der Waals surface area contributed by atoms with Gasteiger partial charge in [-0.3, -0.25) is 0 Å². The lowest BCUT2D eigenvalue weighted by molar-refractivity contribution is 0.435. The summed E-state index contributed by atoms with van der Waals surface area (Å²) in [5.74, 6) is 0.292.